The third kappa shape index (κ3) is 5.10. The van der Waals surface area contributed by atoms with Crippen molar-refractivity contribution >= 4 is 11.9 Å². The zero-order valence-electron chi connectivity index (χ0n) is 10.1. The van der Waals surface area contributed by atoms with Crippen molar-refractivity contribution in [1.29, 1.82) is 0 Å². The number of aromatic nitrogens is 1. The van der Waals surface area contributed by atoms with Crippen LogP contribution in [0.3, 0.4) is 0 Å². The lowest BCUT2D eigenvalue weighted by molar-refractivity contribution is -0.158. The highest BCUT2D eigenvalue weighted by atomic mass is 16.6. The Balaban J connectivity index is 2.42. The van der Waals surface area contributed by atoms with Crippen molar-refractivity contribution in [3.8, 4) is 0 Å². The fourth-order valence-electron chi connectivity index (χ4n) is 1.07. The Morgan fingerprint density at radius 3 is 2.35 bits per heavy atom. The fraction of sp³-hybridized carbons (Fsp3) is 0.417. The normalized spacial score (nSPS) is 10.8. The molecule has 1 aromatic heterocycles. The number of nitrogens with zero attached hydrogens (tertiary/aromatic N) is 1. The molecule has 5 heteroatoms. The van der Waals surface area contributed by atoms with E-state index in [1.165, 1.54) is 24.5 Å². The first-order valence-electron chi connectivity index (χ1n) is 5.17. The van der Waals surface area contributed by atoms with Gasteiger partial charge in [-0.25, -0.2) is 9.59 Å². The van der Waals surface area contributed by atoms with Gasteiger partial charge in [0, 0.05) is 12.4 Å². The van der Waals surface area contributed by atoms with Crippen LogP contribution in [0.5, 0.6) is 0 Å². The van der Waals surface area contributed by atoms with E-state index in [0.29, 0.717) is 5.56 Å². The minimum atomic E-state index is -0.583. The van der Waals surface area contributed by atoms with Crippen LogP contribution in [0.4, 0.5) is 0 Å². The molecular weight excluding hydrogens is 222 g/mol. The van der Waals surface area contributed by atoms with E-state index in [0.717, 1.165) is 0 Å². The lowest BCUT2D eigenvalue weighted by Crippen LogP contribution is -2.27. The zero-order chi connectivity index (χ0) is 12.9. The number of hydrogen-bond acceptors (Lipinski definition) is 5. The molecule has 0 saturated heterocycles. The molecular formula is C12H15NO4. The summed E-state index contributed by atoms with van der Waals surface area (Å²) < 4.78 is 9.79. The van der Waals surface area contributed by atoms with Gasteiger partial charge in [-0.3, -0.25) is 4.98 Å². The Morgan fingerprint density at radius 1 is 1.24 bits per heavy atom. The van der Waals surface area contributed by atoms with Crippen LogP contribution in [0.1, 0.15) is 31.1 Å². The Bertz CT molecular complexity index is 395. The fourth-order valence-corrected chi connectivity index (χ4v) is 1.07. The molecule has 0 spiro atoms. The van der Waals surface area contributed by atoms with Crippen molar-refractivity contribution < 1.29 is 19.1 Å². The number of carbonyl (C=O) groups is 2. The van der Waals surface area contributed by atoms with Crippen molar-refractivity contribution in [2.75, 3.05) is 6.61 Å². The van der Waals surface area contributed by atoms with E-state index in [-0.39, 0.29) is 0 Å². The predicted octanol–water partition coefficient (Wildman–Crippen LogP) is 1.58. The molecule has 0 aliphatic rings. The van der Waals surface area contributed by atoms with E-state index < -0.39 is 24.1 Å². The van der Waals surface area contributed by atoms with E-state index in [2.05, 4.69) is 4.98 Å². The highest BCUT2D eigenvalue weighted by Gasteiger charge is 2.17. The first kappa shape index (κ1) is 13.2. The molecule has 1 heterocycles. The monoisotopic (exact) mass is 237 g/mol. The summed E-state index contributed by atoms with van der Waals surface area (Å²) in [6.07, 6.45) is 2.95. The molecule has 1 aromatic rings. The van der Waals surface area contributed by atoms with Crippen molar-refractivity contribution in [3.05, 3.63) is 30.1 Å². The summed E-state index contributed by atoms with van der Waals surface area (Å²) in [6.45, 7) is 4.85. The largest absolute Gasteiger partial charge is 0.457 e. The molecule has 1 rings (SSSR count). The molecule has 17 heavy (non-hydrogen) atoms. The number of hydrogen-bond donors (Lipinski definition) is 0. The first-order valence-corrected chi connectivity index (χ1v) is 5.17. The summed E-state index contributed by atoms with van der Waals surface area (Å²) in [5.41, 5.74) is -0.233. The molecule has 0 atom stereocenters. The predicted molar refractivity (Wildman–Crippen MR) is 60.4 cm³/mol. The third-order valence-electron chi connectivity index (χ3n) is 1.66. The van der Waals surface area contributed by atoms with Gasteiger partial charge in [0.05, 0.1) is 5.56 Å². The van der Waals surface area contributed by atoms with Crippen molar-refractivity contribution in [1.82, 2.24) is 4.98 Å². The quantitative estimate of drug-likeness (QED) is 0.747. The maximum absolute atomic E-state index is 11.5. The zero-order valence-corrected chi connectivity index (χ0v) is 10.1. The van der Waals surface area contributed by atoms with Gasteiger partial charge in [0.25, 0.3) is 0 Å². The number of ether oxygens (including phenoxy) is 2. The SMILES string of the molecule is CC(C)(C)OC(=O)COC(=O)c1ccncc1. The minimum Gasteiger partial charge on any atom is -0.457 e. The number of carbonyl (C=O) groups excluding carboxylic acids is 2. The van der Waals surface area contributed by atoms with Gasteiger partial charge < -0.3 is 9.47 Å². The van der Waals surface area contributed by atoms with Gasteiger partial charge in [0.15, 0.2) is 6.61 Å². The van der Waals surface area contributed by atoms with Crippen LogP contribution >= 0.6 is 0 Å². The van der Waals surface area contributed by atoms with Gasteiger partial charge in [0.2, 0.25) is 0 Å². The van der Waals surface area contributed by atoms with Crippen molar-refractivity contribution in [2.24, 2.45) is 0 Å². The van der Waals surface area contributed by atoms with E-state index in [4.69, 9.17) is 9.47 Å². The lowest BCUT2D eigenvalue weighted by atomic mass is 10.2. The number of rotatable bonds is 3. The van der Waals surface area contributed by atoms with E-state index in [1.54, 1.807) is 20.8 Å². The van der Waals surface area contributed by atoms with Crippen LogP contribution in [0, 0.1) is 0 Å². The Labute approximate surface area is 99.8 Å². The molecule has 0 radical (unpaired) electrons. The molecule has 0 saturated carbocycles. The van der Waals surface area contributed by atoms with Crippen LogP contribution in [0.2, 0.25) is 0 Å². The summed E-state index contributed by atoms with van der Waals surface area (Å²) >= 11 is 0. The topological polar surface area (TPSA) is 65.5 Å². The van der Waals surface area contributed by atoms with Crippen molar-refractivity contribution in [3.63, 3.8) is 0 Å². The molecule has 0 unspecified atom stereocenters. The van der Waals surface area contributed by atoms with Gasteiger partial charge in [-0.2, -0.15) is 0 Å². The van der Waals surface area contributed by atoms with Crippen LogP contribution in [-0.4, -0.2) is 29.1 Å². The van der Waals surface area contributed by atoms with E-state index in [1.807, 2.05) is 0 Å². The second kappa shape index (κ2) is 5.43. The molecule has 0 bridgehead atoms. The van der Waals surface area contributed by atoms with Gasteiger partial charge in [-0.15, -0.1) is 0 Å². The highest BCUT2D eigenvalue weighted by Crippen LogP contribution is 2.07. The highest BCUT2D eigenvalue weighted by molar-refractivity contribution is 5.90. The Kier molecular flexibility index (Phi) is 4.20. The first-order chi connectivity index (χ1) is 7.88. The molecule has 0 amide bonds. The molecule has 92 valence electrons. The van der Waals surface area contributed by atoms with Gasteiger partial charge in [0.1, 0.15) is 5.60 Å². The number of esters is 2. The van der Waals surface area contributed by atoms with E-state index >= 15 is 0 Å². The van der Waals surface area contributed by atoms with Crippen LogP contribution < -0.4 is 0 Å². The number of pyridine rings is 1. The molecule has 0 fully saturated rings. The van der Waals surface area contributed by atoms with Crippen molar-refractivity contribution in [2.45, 2.75) is 26.4 Å². The summed E-state index contributed by atoms with van der Waals surface area (Å²) in [5.74, 6) is -1.14. The summed E-state index contributed by atoms with van der Waals surface area (Å²) in [4.78, 5) is 26.5. The molecule has 5 nitrogen and oxygen atoms in total. The Hall–Kier alpha value is -1.91. The van der Waals surface area contributed by atoms with E-state index in [9.17, 15) is 9.59 Å². The maximum Gasteiger partial charge on any atom is 0.344 e. The second-order valence-corrected chi connectivity index (χ2v) is 4.40. The van der Waals surface area contributed by atoms with Crippen LogP contribution in [0.25, 0.3) is 0 Å². The maximum atomic E-state index is 11.5. The van der Waals surface area contributed by atoms with Gasteiger partial charge >= 0.3 is 11.9 Å². The average Bonchev–Trinajstić information content (AvgIpc) is 2.25. The second-order valence-electron chi connectivity index (χ2n) is 4.40. The smallest absolute Gasteiger partial charge is 0.344 e. The average molecular weight is 237 g/mol. The summed E-state index contributed by atoms with van der Waals surface area (Å²) in [7, 11) is 0. The Morgan fingerprint density at radius 2 is 1.82 bits per heavy atom. The summed E-state index contributed by atoms with van der Waals surface area (Å²) in [6, 6.07) is 3.02. The third-order valence-corrected chi connectivity index (χ3v) is 1.66. The molecule has 0 aromatic carbocycles. The molecule has 0 aliphatic carbocycles. The molecule has 0 aliphatic heterocycles. The van der Waals surface area contributed by atoms with Crippen LogP contribution in [0.15, 0.2) is 24.5 Å². The van der Waals surface area contributed by atoms with Gasteiger partial charge in [-0.05, 0) is 32.9 Å². The summed E-state index contributed by atoms with van der Waals surface area (Å²) in [5, 5.41) is 0. The molecule has 0 N–H and O–H groups in total. The lowest BCUT2D eigenvalue weighted by Gasteiger charge is -2.19. The van der Waals surface area contributed by atoms with Gasteiger partial charge in [-0.1, -0.05) is 0 Å². The van der Waals surface area contributed by atoms with Crippen LogP contribution in [-0.2, 0) is 14.3 Å². The standard InChI is InChI=1S/C12H15NO4/c1-12(2,3)17-10(14)8-16-11(15)9-4-6-13-7-5-9/h4-7H,8H2,1-3H3. The minimum absolute atomic E-state index is 0.351.